The van der Waals surface area contributed by atoms with Gasteiger partial charge in [-0.15, -0.1) is 0 Å². The molecule has 0 fully saturated rings. The number of hydrogen-bond acceptors (Lipinski definition) is 2. The maximum atomic E-state index is 7.81. The normalized spacial score (nSPS) is 1.50. The molecule has 0 heterocycles. The van der Waals surface area contributed by atoms with Gasteiger partial charge < -0.3 is 5.48 Å². The van der Waals surface area contributed by atoms with E-state index in [-0.39, 0.29) is 56.9 Å². The summed E-state index contributed by atoms with van der Waals surface area (Å²) in [4.78, 5) is 0. The van der Waals surface area contributed by atoms with Gasteiger partial charge in [0.1, 0.15) is 0 Å². The van der Waals surface area contributed by atoms with Gasteiger partial charge in [-0.2, -0.15) is 0 Å². The molecule has 0 spiro atoms. The summed E-state index contributed by atoms with van der Waals surface area (Å²) in [6.07, 6.45) is 0. The molecule has 0 amide bonds. The van der Waals surface area contributed by atoms with E-state index in [1.54, 1.807) is 0 Å². The molecule has 2 nitrogen and oxygen atoms in total. The van der Waals surface area contributed by atoms with Crippen LogP contribution in [0.15, 0.2) is 0 Å². The third-order valence-electron chi connectivity index (χ3n) is 0. The Bertz CT molecular complexity index is 6.00. The summed E-state index contributed by atoms with van der Waals surface area (Å²) in [5.41, 5.74) is 0. The van der Waals surface area contributed by atoms with Crippen LogP contribution in [0, 0.1) is 0 Å². The topological polar surface area (TPSA) is 47.1 Å². The molecule has 0 saturated carbocycles. The van der Waals surface area contributed by atoms with Crippen LogP contribution in [0.1, 0.15) is 0 Å². The molecule has 25 valence electrons. The van der Waals surface area contributed by atoms with E-state index < -0.39 is 0 Å². The van der Waals surface area contributed by atoms with E-state index in [1.807, 2.05) is 0 Å². The standard InChI is InChI=1S/Cu.K.H2O.O/h;;1H2;/q;+1;;/p-1. The third kappa shape index (κ3) is 9.07. The molecule has 4 heavy (non-hydrogen) atoms. The average Bonchev–Trinajstić information content (AvgIpc) is 1.00. The summed E-state index contributed by atoms with van der Waals surface area (Å²) in [6.45, 7) is 0. The van der Waals surface area contributed by atoms with E-state index >= 15 is 0 Å². The van der Waals surface area contributed by atoms with Gasteiger partial charge in [0.05, 0.1) is 0 Å². The quantitative estimate of drug-likeness (QED) is 0.327. The van der Waals surface area contributed by atoms with Crippen LogP contribution >= 0.6 is 0 Å². The molecule has 1 N–H and O–H groups in total. The van der Waals surface area contributed by atoms with E-state index in [9.17, 15) is 0 Å². The first-order valence-electron chi connectivity index (χ1n) is 0.123. The molecular weight excluding hydrogens is 135 g/mol. The van der Waals surface area contributed by atoms with Crippen LogP contribution in [0.2, 0.25) is 0 Å². The monoisotopic (exact) mass is 135 g/mol. The van der Waals surface area contributed by atoms with Crippen LogP contribution < -0.4 is 51.4 Å². The molecule has 0 unspecified atom stereocenters. The van der Waals surface area contributed by atoms with Gasteiger partial charge in [0.25, 0.3) is 0 Å². The van der Waals surface area contributed by atoms with Gasteiger partial charge in [0, 0.05) is 0 Å². The minimum atomic E-state index is 0. The summed E-state index contributed by atoms with van der Waals surface area (Å²) in [5, 5.41) is 0. The van der Waals surface area contributed by atoms with Crippen molar-refractivity contribution in [1.29, 1.82) is 0 Å². The third-order valence-corrected chi connectivity index (χ3v) is 0. The first kappa shape index (κ1) is 16.8. The molecule has 0 aromatic heterocycles. The van der Waals surface area contributed by atoms with Crippen LogP contribution in [0.25, 0.3) is 0 Å². The molecule has 0 bridgehead atoms. The van der Waals surface area contributed by atoms with E-state index in [1.165, 1.54) is 0 Å². The second kappa shape index (κ2) is 20.5. The summed E-state index contributed by atoms with van der Waals surface area (Å²) in [7, 11) is 0. The first-order valence-corrected chi connectivity index (χ1v) is 0.508. The Kier molecular flexibility index (Phi) is 86.3. The van der Waals surface area contributed by atoms with Gasteiger partial charge >= 0.3 is 71.2 Å². The van der Waals surface area contributed by atoms with Crippen molar-refractivity contribution in [2.75, 3.05) is 0 Å². The molecule has 0 rings (SSSR count). The predicted octanol–water partition coefficient (Wildman–Crippen LogP) is -3.29. The second-order valence-corrected chi connectivity index (χ2v) is 0. The summed E-state index contributed by atoms with van der Waals surface area (Å²) in [5.74, 6) is 0. The van der Waals surface area contributed by atoms with Gasteiger partial charge in [0.2, 0.25) is 0 Å². The Hall–Kier alpha value is 1.92. The van der Waals surface area contributed by atoms with Gasteiger partial charge in [-0.1, -0.05) is 0 Å². The van der Waals surface area contributed by atoms with Crippen LogP contribution in [0.3, 0.4) is 0 Å². The average molecular weight is 136 g/mol. The Balaban J connectivity index is -0.00000000500. The van der Waals surface area contributed by atoms with Gasteiger partial charge in [-0.3, -0.25) is 0 Å². The summed E-state index contributed by atoms with van der Waals surface area (Å²) >= 11 is 2.94. The van der Waals surface area contributed by atoms with Gasteiger partial charge in [-0.05, 0) is 0 Å². The van der Waals surface area contributed by atoms with Crippen LogP contribution in [-0.2, 0) is 19.8 Å². The molecule has 0 aliphatic heterocycles. The summed E-state index contributed by atoms with van der Waals surface area (Å²) in [6, 6.07) is 0. The molecular formula is HCuKO2. The Morgan fingerprint density at radius 2 is 1.25 bits per heavy atom. The predicted molar refractivity (Wildman–Crippen MR) is 2.62 cm³/mol. The van der Waals surface area contributed by atoms with Crippen molar-refractivity contribution >= 4 is 0 Å². The molecule has 0 aromatic rings. The molecule has 0 saturated heterocycles. The van der Waals surface area contributed by atoms with Gasteiger partial charge in [0.15, 0.2) is 0 Å². The van der Waals surface area contributed by atoms with Crippen LogP contribution in [0.5, 0.6) is 0 Å². The fraction of sp³-hybridized carbons (Fsp3) is 0. The molecule has 0 aromatic carbocycles. The first-order chi connectivity index (χ1) is 1.00. The maximum absolute atomic E-state index is 7.81. The number of rotatable bonds is 0. The van der Waals surface area contributed by atoms with Crippen molar-refractivity contribution in [3.05, 3.63) is 0 Å². The van der Waals surface area contributed by atoms with Crippen molar-refractivity contribution in [3.63, 3.8) is 0 Å². The zero-order chi connectivity index (χ0) is 2.00. The summed E-state index contributed by atoms with van der Waals surface area (Å²) < 4.78 is 7.81. The molecule has 0 aliphatic rings. The minimum absolute atomic E-state index is 0. The second-order valence-electron chi connectivity index (χ2n) is 0. The van der Waals surface area contributed by atoms with E-state index in [0.717, 1.165) is 0 Å². The van der Waals surface area contributed by atoms with Crippen molar-refractivity contribution in [1.82, 2.24) is 0 Å². The van der Waals surface area contributed by atoms with Crippen molar-refractivity contribution in [2.45, 2.75) is 0 Å². The zero-order valence-electron chi connectivity index (χ0n) is 2.16. The van der Waals surface area contributed by atoms with Crippen LogP contribution in [-0.4, -0.2) is 5.48 Å². The Morgan fingerprint density at radius 1 is 1.25 bits per heavy atom. The SMILES string of the molecule is [K+].[OH-].[O]=[Cu]. The fourth-order valence-corrected chi connectivity index (χ4v) is 0. The van der Waals surface area contributed by atoms with E-state index in [0.29, 0.717) is 0 Å². The molecule has 4 heteroatoms. The molecule has 0 radical (unpaired) electrons. The van der Waals surface area contributed by atoms with Crippen molar-refractivity contribution in [3.8, 4) is 0 Å². The Morgan fingerprint density at radius 3 is 1.25 bits per heavy atom. The van der Waals surface area contributed by atoms with Crippen molar-refractivity contribution < 1.29 is 76.6 Å². The van der Waals surface area contributed by atoms with E-state index in [2.05, 4.69) is 15.9 Å². The molecule has 0 aliphatic carbocycles. The Labute approximate surface area is 75.1 Å². The van der Waals surface area contributed by atoms with Crippen LogP contribution in [0.4, 0.5) is 0 Å². The number of hydrogen-bond donors (Lipinski definition) is 0. The van der Waals surface area contributed by atoms with E-state index in [4.69, 9.17) is 3.83 Å². The zero-order valence-corrected chi connectivity index (χ0v) is 6.22. The van der Waals surface area contributed by atoms with Gasteiger partial charge in [-0.25, -0.2) is 0 Å². The fourth-order valence-electron chi connectivity index (χ4n) is 0. The van der Waals surface area contributed by atoms with Crippen molar-refractivity contribution in [2.24, 2.45) is 0 Å². The molecule has 0 atom stereocenters.